The molecule has 0 aromatic carbocycles. The number of carboxylic acid groups (broad SMARTS) is 1. The molecular formula is C14H27NO2. The van der Waals surface area contributed by atoms with E-state index in [4.69, 9.17) is 5.11 Å². The summed E-state index contributed by atoms with van der Waals surface area (Å²) in [4.78, 5) is 13.2. The van der Waals surface area contributed by atoms with Crippen LogP contribution in [0, 0.1) is 5.92 Å². The fourth-order valence-corrected chi connectivity index (χ4v) is 2.93. The van der Waals surface area contributed by atoms with Gasteiger partial charge in [0.25, 0.3) is 0 Å². The minimum absolute atomic E-state index is 0.338. The van der Waals surface area contributed by atoms with Gasteiger partial charge in [-0.1, -0.05) is 26.7 Å². The zero-order valence-corrected chi connectivity index (χ0v) is 11.3. The number of nitrogens with zero attached hydrogens (tertiary/aromatic N) is 1. The van der Waals surface area contributed by atoms with E-state index in [1.54, 1.807) is 0 Å². The number of aliphatic carboxylic acids is 1. The molecule has 1 atom stereocenters. The number of carboxylic acids is 1. The van der Waals surface area contributed by atoms with Crippen molar-refractivity contribution in [2.24, 2.45) is 5.92 Å². The molecule has 1 aliphatic heterocycles. The maximum absolute atomic E-state index is 10.6. The van der Waals surface area contributed by atoms with E-state index in [0.29, 0.717) is 12.3 Å². The molecule has 0 aromatic heterocycles. The summed E-state index contributed by atoms with van der Waals surface area (Å²) in [5.74, 6) is -0.0376. The first-order valence-electron chi connectivity index (χ1n) is 7.13. The summed E-state index contributed by atoms with van der Waals surface area (Å²) in [7, 11) is 0. The van der Waals surface area contributed by atoms with E-state index in [2.05, 4.69) is 18.7 Å². The van der Waals surface area contributed by atoms with Gasteiger partial charge in [0, 0.05) is 19.0 Å². The van der Waals surface area contributed by atoms with Crippen molar-refractivity contribution in [1.29, 1.82) is 0 Å². The molecule has 1 aliphatic rings. The number of rotatable bonds is 8. The molecule has 1 N–H and O–H groups in total. The second kappa shape index (κ2) is 7.70. The van der Waals surface area contributed by atoms with Crippen molar-refractivity contribution in [3.05, 3.63) is 0 Å². The highest BCUT2D eigenvalue weighted by molar-refractivity contribution is 5.66. The van der Waals surface area contributed by atoms with Crippen LogP contribution >= 0.6 is 0 Å². The smallest absolute Gasteiger partial charge is 0.303 e. The van der Waals surface area contributed by atoms with Gasteiger partial charge in [0.1, 0.15) is 0 Å². The molecule has 1 rings (SSSR count). The number of likely N-dealkylation sites (tertiary alicyclic amines) is 1. The second-order valence-corrected chi connectivity index (χ2v) is 5.31. The van der Waals surface area contributed by atoms with E-state index in [0.717, 1.165) is 19.0 Å². The lowest BCUT2D eigenvalue weighted by molar-refractivity contribution is -0.137. The van der Waals surface area contributed by atoms with E-state index in [-0.39, 0.29) is 0 Å². The monoisotopic (exact) mass is 241 g/mol. The van der Waals surface area contributed by atoms with Crippen molar-refractivity contribution < 1.29 is 9.90 Å². The summed E-state index contributed by atoms with van der Waals surface area (Å²) in [5.41, 5.74) is 0. The van der Waals surface area contributed by atoms with E-state index < -0.39 is 5.97 Å². The molecule has 0 amide bonds. The molecule has 0 bridgehead atoms. The van der Waals surface area contributed by atoms with Crippen molar-refractivity contribution >= 4 is 5.97 Å². The molecule has 0 saturated carbocycles. The van der Waals surface area contributed by atoms with Crippen LogP contribution in [0.5, 0.6) is 0 Å². The van der Waals surface area contributed by atoms with Gasteiger partial charge in [-0.3, -0.25) is 4.79 Å². The van der Waals surface area contributed by atoms with E-state index in [1.165, 1.54) is 38.6 Å². The molecule has 100 valence electrons. The second-order valence-electron chi connectivity index (χ2n) is 5.31. The van der Waals surface area contributed by atoms with Crippen LogP contribution in [0.1, 0.15) is 58.8 Å². The molecule has 1 heterocycles. The van der Waals surface area contributed by atoms with Crippen molar-refractivity contribution in [1.82, 2.24) is 4.90 Å². The van der Waals surface area contributed by atoms with E-state index in [9.17, 15) is 4.79 Å². The van der Waals surface area contributed by atoms with Crippen molar-refractivity contribution in [3.63, 3.8) is 0 Å². The Bertz CT molecular complexity index is 224. The Morgan fingerprint density at radius 2 is 2.00 bits per heavy atom. The molecular weight excluding hydrogens is 214 g/mol. The summed E-state index contributed by atoms with van der Waals surface area (Å²) >= 11 is 0. The Morgan fingerprint density at radius 3 is 2.53 bits per heavy atom. The van der Waals surface area contributed by atoms with Gasteiger partial charge < -0.3 is 10.0 Å². The Balaban J connectivity index is 2.33. The summed E-state index contributed by atoms with van der Waals surface area (Å²) in [6, 6.07) is 0.736. The summed E-state index contributed by atoms with van der Waals surface area (Å²) in [6.45, 7) is 6.80. The Hall–Kier alpha value is -0.570. The molecule has 1 unspecified atom stereocenters. The summed E-state index contributed by atoms with van der Waals surface area (Å²) in [5, 5.41) is 8.70. The first kappa shape index (κ1) is 14.5. The van der Waals surface area contributed by atoms with Gasteiger partial charge >= 0.3 is 5.97 Å². The van der Waals surface area contributed by atoms with Gasteiger partial charge in [0.05, 0.1) is 0 Å². The predicted octanol–water partition coefficient (Wildman–Crippen LogP) is 3.14. The highest BCUT2D eigenvalue weighted by Crippen LogP contribution is 2.26. The molecule has 3 heteroatoms. The average Bonchev–Trinajstić information content (AvgIpc) is 2.74. The zero-order valence-electron chi connectivity index (χ0n) is 11.3. The lowest BCUT2D eigenvalue weighted by atomic mass is 10.0. The molecule has 17 heavy (non-hydrogen) atoms. The van der Waals surface area contributed by atoms with Crippen LogP contribution in [-0.2, 0) is 4.79 Å². The molecule has 0 spiro atoms. The first-order valence-corrected chi connectivity index (χ1v) is 7.13. The van der Waals surface area contributed by atoms with Crippen LogP contribution in [0.15, 0.2) is 0 Å². The number of hydrogen-bond donors (Lipinski definition) is 1. The highest BCUT2D eigenvalue weighted by atomic mass is 16.4. The third-order valence-electron chi connectivity index (χ3n) is 3.84. The van der Waals surface area contributed by atoms with Crippen molar-refractivity contribution in [2.75, 3.05) is 13.1 Å². The Labute approximate surface area is 105 Å². The van der Waals surface area contributed by atoms with Crippen LogP contribution in [-0.4, -0.2) is 35.1 Å². The van der Waals surface area contributed by atoms with Crippen LogP contribution in [0.2, 0.25) is 0 Å². The van der Waals surface area contributed by atoms with Gasteiger partial charge in [-0.25, -0.2) is 0 Å². The molecule has 3 nitrogen and oxygen atoms in total. The first-order chi connectivity index (χ1) is 8.17. The predicted molar refractivity (Wildman–Crippen MR) is 70.2 cm³/mol. The lowest BCUT2D eigenvalue weighted by Crippen LogP contribution is -2.33. The number of carbonyl (C=O) groups is 1. The van der Waals surface area contributed by atoms with Crippen LogP contribution < -0.4 is 0 Å². The standard InChI is InChI=1S/C14H27NO2/c1-3-5-13(6-4-2)15-10-9-12(11-15)7-8-14(16)17/h12-13H,3-11H2,1-2H3,(H,16,17). The maximum Gasteiger partial charge on any atom is 0.303 e. The Morgan fingerprint density at radius 1 is 1.35 bits per heavy atom. The van der Waals surface area contributed by atoms with Gasteiger partial charge in [-0.2, -0.15) is 0 Å². The van der Waals surface area contributed by atoms with Crippen molar-refractivity contribution in [2.45, 2.75) is 64.8 Å². The van der Waals surface area contributed by atoms with Gasteiger partial charge in [-0.15, -0.1) is 0 Å². The summed E-state index contributed by atoms with van der Waals surface area (Å²) < 4.78 is 0. The third-order valence-corrected chi connectivity index (χ3v) is 3.84. The topological polar surface area (TPSA) is 40.5 Å². The summed E-state index contributed by atoms with van der Waals surface area (Å²) in [6.07, 6.45) is 7.47. The Kier molecular flexibility index (Phi) is 6.56. The minimum atomic E-state index is -0.651. The van der Waals surface area contributed by atoms with Gasteiger partial charge in [0.15, 0.2) is 0 Å². The quantitative estimate of drug-likeness (QED) is 0.709. The maximum atomic E-state index is 10.6. The lowest BCUT2D eigenvalue weighted by Gasteiger charge is -2.27. The van der Waals surface area contributed by atoms with Gasteiger partial charge in [-0.05, 0) is 38.1 Å². The highest BCUT2D eigenvalue weighted by Gasteiger charge is 2.27. The normalized spacial score (nSPS) is 21.2. The largest absolute Gasteiger partial charge is 0.481 e. The number of hydrogen-bond acceptors (Lipinski definition) is 2. The molecule has 1 fully saturated rings. The van der Waals surface area contributed by atoms with E-state index in [1.807, 2.05) is 0 Å². The molecule has 1 saturated heterocycles. The molecule has 0 aromatic rings. The van der Waals surface area contributed by atoms with Crippen LogP contribution in [0.3, 0.4) is 0 Å². The zero-order chi connectivity index (χ0) is 12.7. The molecule has 0 radical (unpaired) electrons. The van der Waals surface area contributed by atoms with Crippen LogP contribution in [0.25, 0.3) is 0 Å². The fourth-order valence-electron chi connectivity index (χ4n) is 2.93. The molecule has 0 aliphatic carbocycles. The van der Waals surface area contributed by atoms with E-state index >= 15 is 0 Å². The third kappa shape index (κ3) is 5.07. The van der Waals surface area contributed by atoms with Gasteiger partial charge in [0.2, 0.25) is 0 Å². The van der Waals surface area contributed by atoms with Crippen LogP contribution in [0.4, 0.5) is 0 Å². The SMILES string of the molecule is CCCC(CCC)N1CCC(CCC(=O)O)C1. The minimum Gasteiger partial charge on any atom is -0.481 e. The average molecular weight is 241 g/mol. The fraction of sp³-hybridized carbons (Fsp3) is 0.929. The van der Waals surface area contributed by atoms with Crippen molar-refractivity contribution in [3.8, 4) is 0 Å².